The number of nitrogens with zero attached hydrogens (tertiary/aromatic N) is 2. The molecule has 0 aliphatic carbocycles. The summed E-state index contributed by atoms with van der Waals surface area (Å²) in [5.74, 6) is 0.477. The Hall–Kier alpha value is -4.55. The third-order valence-corrected chi connectivity index (χ3v) is 4.87. The van der Waals surface area contributed by atoms with Crippen LogP contribution in [0.25, 0.3) is 21.9 Å². The summed E-state index contributed by atoms with van der Waals surface area (Å²) in [6, 6.07) is 24.9. The number of rotatable bonds is 4. The second-order valence-electron chi connectivity index (χ2n) is 6.67. The quantitative estimate of drug-likeness (QED) is 0.542. The van der Waals surface area contributed by atoms with Crippen molar-refractivity contribution in [3.8, 4) is 29.0 Å². The number of H-pyrrole nitrogens is 1. The number of pyridine rings is 1. The van der Waals surface area contributed by atoms with Crippen LogP contribution >= 0.6 is 0 Å². The molecule has 0 unspecified atom stereocenters. The van der Waals surface area contributed by atoms with Gasteiger partial charge in [-0.3, -0.25) is 4.79 Å². The predicted octanol–water partition coefficient (Wildman–Crippen LogP) is 4.10. The zero-order valence-corrected chi connectivity index (χ0v) is 15.8. The maximum Gasteiger partial charge on any atom is 0.268 e. The van der Waals surface area contributed by atoms with Crippen LogP contribution < -0.4 is 16.0 Å². The molecule has 0 atom stereocenters. The number of hydrogen-bond acceptors (Lipinski definition) is 5. The molecule has 3 aromatic carbocycles. The average molecular weight is 392 g/mol. The first kappa shape index (κ1) is 18.8. The molecule has 4 rings (SSSR count). The number of ether oxygens (including phenoxy) is 1. The van der Waals surface area contributed by atoms with E-state index in [9.17, 15) is 15.3 Å². The van der Waals surface area contributed by atoms with E-state index >= 15 is 0 Å². The van der Waals surface area contributed by atoms with Crippen molar-refractivity contribution < 1.29 is 4.74 Å². The van der Waals surface area contributed by atoms with E-state index in [1.165, 1.54) is 0 Å². The molecular weight excluding hydrogens is 376 g/mol. The Bertz CT molecular complexity index is 1400. The summed E-state index contributed by atoms with van der Waals surface area (Å²) >= 11 is 0. The van der Waals surface area contributed by atoms with E-state index in [0.29, 0.717) is 17.9 Å². The first-order valence-electron chi connectivity index (χ1n) is 9.18. The second-order valence-corrected chi connectivity index (χ2v) is 6.67. The summed E-state index contributed by atoms with van der Waals surface area (Å²) < 4.78 is 5.99. The number of nitrogens with one attached hydrogen (secondary N) is 1. The average Bonchev–Trinajstić information content (AvgIpc) is 2.77. The van der Waals surface area contributed by atoms with Gasteiger partial charge in [0.05, 0.1) is 0 Å². The van der Waals surface area contributed by atoms with Gasteiger partial charge in [-0.1, -0.05) is 54.6 Å². The van der Waals surface area contributed by atoms with E-state index in [-0.39, 0.29) is 22.5 Å². The zero-order chi connectivity index (χ0) is 21.1. The Morgan fingerprint density at radius 2 is 1.67 bits per heavy atom. The normalized spacial score (nSPS) is 10.3. The summed E-state index contributed by atoms with van der Waals surface area (Å²) in [4.78, 5) is 14.5. The van der Waals surface area contributed by atoms with Gasteiger partial charge < -0.3 is 15.5 Å². The molecule has 1 aromatic heterocycles. The molecule has 0 spiro atoms. The lowest BCUT2D eigenvalue weighted by Gasteiger charge is -2.12. The standard InChI is InChI=1S/C24H16N4O2/c25-12-20-22(21(13-26)24(29)28-23(20)27)16-7-4-9-18(11-16)30-14-17-8-3-6-15-5-1-2-10-19(15)17/h1-11H,14H2,(H3,27,28,29). The minimum Gasteiger partial charge on any atom is -0.489 e. The van der Waals surface area contributed by atoms with Crippen molar-refractivity contribution in [1.29, 1.82) is 10.5 Å². The number of anilines is 1. The molecule has 30 heavy (non-hydrogen) atoms. The van der Waals surface area contributed by atoms with Crippen LogP contribution in [0, 0.1) is 22.7 Å². The number of benzene rings is 3. The van der Waals surface area contributed by atoms with Crippen LogP contribution in [-0.4, -0.2) is 4.98 Å². The predicted molar refractivity (Wildman–Crippen MR) is 115 cm³/mol. The SMILES string of the molecule is N#Cc1c(N)[nH]c(=O)c(C#N)c1-c1cccc(OCc2cccc3ccccc23)c1. The fraction of sp³-hybridized carbons (Fsp3) is 0.0417. The Morgan fingerprint density at radius 3 is 2.47 bits per heavy atom. The minimum absolute atomic E-state index is 0.0531. The smallest absolute Gasteiger partial charge is 0.268 e. The van der Waals surface area contributed by atoms with E-state index in [4.69, 9.17) is 10.5 Å². The van der Waals surface area contributed by atoms with Crippen molar-refractivity contribution in [1.82, 2.24) is 4.98 Å². The number of nitrogen functional groups attached to an aromatic ring is 1. The molecule has 0 saturated carbocycles. The topological polar surface area (TPSA) is 116 Å². The van der Waals surface area contributed by atoms with E-state index < -0.39 is 5.56 Å². The number of nitrogens with two attached hydrogens (primary N) is 1. The van der Waals surface area contributed by atoms with E-state index in [0.717, 1.165) is 16.3 Å². The van der Waals surface area contributed by atoms with Gasteiger partial charge in [0.25, 0.3) is 5.56 Å². The van der Waals surface area contributed by atoms with Crippen molar-refractivity contribution in [3.63, 3.8) is 0 Å². The van der Waals surface area contributed by atoms with Gasteiger partial charge in [-0.2, -0.15) is 10.5 Å². The van der Waals surface area contributed by atoms with Crippen LogP contribution in [0.15, 0.2) is 71.5 Å². The first-order valence-corrected chi connectivity index (χ1v) is 9.18. The largest absolute Gasteiger partial charge is 0.489 e. The maximum atomic E-state index is 12.2. The Kier molecular flexibility index (Phi) is 4.90. The van der Waals surface area contributed by atoms with Crippen molar-refractivity contribution >= 4 is 16.6 Å². The maximum absolute atomic E-state index is 12.2. The highest BCUT2D eigenvalue weighted by atomic mass is 16.5. The zero-order valence-electron chi connectivity index (χ0n) is 15.8. The van der Waals surface area contributed by atoms with Gasteiger partial charge in [-0.15, -0.1) is 0 Å². The molecule has 4 aromatic rings. The summed E-state index contributed by atoms with van der Waals surface area (Å²) in [5.41, 5.74) is 6.81. The summed E-state index contributed by atoms with van der Waals surface area (Å²) in [7, 11) is 0. The highest BCUT2D eigenvalue weighted by Crippen LogP contribution is 2.31. The fourth-order valence-electron chi connectivity index (χ4n) is 3.45. The van der Waals surface area contributed by atoms with Crippen LogP contribution in [0.4, 0.5) is 5.82 Å². The number of fused-ring (bicyclic) bond motifs is 1. The Morgan fingerprint density at radius 1 is 0.933 bits per heavy atom. The molecule has 0 saturated heterocycles. The van der Waals surface area contributed by atoms with Crippen molar-refractivity contribution in [2.45, 2.75) is 6.61 Å². The third kappa shape index (κ3) is 3.34. The first-order chi connectivity index (χ1) is 14.6. The molecule has 0 aliphatic rings. The van der Waals surface area contributed by atoms with Crippen molar-refractivity contribution in [3.05, 3.63) is 93.8 Å². The Balaban J connectivity index is 1.72. The van der Waals surface area contributed by atoms with Crippen LogP contribution in [-0.2, 0) is 6.61 Å². The van der Waals surface area contributed by atoms with Gasteiger partial charge in [-0.05, 0) is 34.0 Å². The number of aromatic amines is 1. The Labute approximate surface area is 172 Å². The molecular formula is C24H16N4O2. The van der Waals surface area contributed by atoms with Gasteiger partial charge in [0, 0.05) is 5.56 Å². The monoisotopic (exact) mass is 392 g/mol. The van der Waals surface area contributed by atoms with E-state index in [1.807, 2.05) is 54.6 Å². The molecule has 0 aliphatic heterocycles. The molecule has 6 heteroatoms. The lowest BCUT2D eigenvalue weighted by molar-refractivity contribution is 0.308. The molecule has 144 valence electrons. The molecule has 0 fully saturated rings. The molecule has 0 radical (unpaired) electrons. The number of aromatic nitrogens is 1. The highest BCUT2D eigenvalue weighted by molar-refractivity contribution is 5.85. The van der Waals surface area contributed by atoms with E-state index in [1.54, 1.807) is 24.3 Å². The highest BCUT2D eigenvalue weighted by Gasteiger charge is 2.18. The van der Waals surface area contributed by atoms with E-state index in [2.05, 4.69) is 4.98 Å². The minimum atomic E-state index is -0.633. The summed E-state index contributed by atoms with van der Waals surface area (Å²) in [6.07, 6.45) is 0. The number of hydrogen-bond donors (Lipinski definition) is 2. The molecule has 1 heterocycles. The van der Waals surface area contributed by atoms with Crippen LogP contribution in [0.3, 0.4) is 0 Å². The molecule has 0 amide bonds. The summed E-state index contributed by atoms with van der Waals surface area (Å²) in [5, 5.41) is 21.2. The molecule has 3 N–H and O–H groups in total. The van der Waals surface area contributed by atoms with Gasteiger partial charge in [0.15, 0.2) is 0 Å². The van der Waals surface area contributed by atoms with Gasteiger partial charge in [-0.25, -0.2) is 0 Å². The lowest BCUT2D eigenvalue weighted by atomic mass is 9.96. The summed E-state index contributed by atoms with van der Waals surface area (Å²) in [6.45, 7) is 0.346. The molecule has 6 nitrogen and oxygen atoms in total. The van der Waals surface area contributed by atoms with Crippen molar-refractivity contribution in [2.24, 2.45) is 0 Å². The fourth-order valence-corrected chi connectivity index (χ4v) is 3.45. The third-order valence-electron chi connectivity index (χ3n) is 4.87. The van der Waals surface area contributed by atoms with Crippen molar-refractivity contribution in [2.75, 3.05) is 5.73 Å². The van der Waals surface area contributed by atoms with Gasteiger partial charge in [0.2, 0.25) is 0 Å². The second kappa shape index (κ2) is 7.83. The van der Waals surface area contributed by atoms with Gasteiger partial charge >= 0.3 is 0 Å². The molecule has 0 bridgehead atoms. The van der Waals surface area contributed by atoms with Crippen LogP contribution in [0.1, 0.15) is 16.7 Å². The van der Waals surface area contributed by atoms with Crippen LogP contribution in [0.5, 0.6) is 5.75 Å². The van der Waals surface area contributed by atoms with Crippen LogP contribution in [0.2, 0.25) is 0 Å². The van der Waals surface area contributed by atoms with Gasteiger partial charge in [0.1, 0.15) is 41.4 Å². The number of nitriles is 2. The lowest BCUT2D eigenvalue weighted by Crippen LogP contribution is -2.16.